The third kappa shape index (κ3) is 4.12. The Balaban J connectivity index is 1.73. The first-order valence-corrected chi connectivity index (χ1v) is 9.04. The van der Waals surface area contributed by atoms with Crippen molar-refractivity contribution in [2.45, 2.75) is 13.8 Å². The van der Waals surface area contributed by atoms with Gasteiger partial charge in [0.05, 0.1) is 0 Å². The van der Waals surface area contributed by atoms with E-state index in [-0.39, 0.29) is 0 Å². The molecule has 0 aromatic heterocycles. The number of anilines is 1. The molecular weight excluding hydrogens is 314 g/mol. The fraction of sp³-hybridized carbons (Fsp3) is 0.120. The molecule has 0 atom stereocenters. The predicted molar refractivity (Wildman–Crippen MR) is 115 cm³/mol. The summed E-state index contributed by atoms with van der Waals surface area (Å²) in [5, 5.41) is 0. The first kappa shape index (κ1) is 17.8. The van der Waals surface area contributed by atoms with Crippen molar-refractivity contribution in [2.24, 2.45) is 0 Å². The number of fused-ring (bicyclic) bond motifs is 1. The molecule has 1 heterocycles. The molecule has 0 amide bonds. The fourth-order valence-electron chi connectivity index (χ4n) is 3.03. The van der Waals surface area contributed by atoms with E-state index in [4.69, 9.17) is 0 Å². The Morgan fingerprint density at radius 2 is 1.81 bits per heavy atom. The van der Waals surface area contributed by atoms with Gasteiger partial charge in [0.1, 0.15) is 0 Å². The van der Waals surface area contributed by atoms with Crippen LogP contribution in [0.3, 0.4) is 0 Å². The molecule has 2 aromatic carbocycles. The number of hydrogen-bond donors (Lipinski definition) is 0. The van der Waals surface area contributed by atoms with Crippen molar-refractivity contribution in [2.75, 3.05) is 11.4 Å². The van der Waals surface area contributed by atoms with Gasteiger partial charge >= 0.3 is 0 Å². The SMILES string of the molecule is C=C(C=CC=C1C=CN(CC)c2ccccc21)/C=C\c1ccccc1C. The van der Waals surface area contributed by atoms with E-state index in [1.165, 1.54) is 28.0 Å². The van der Waals surface area contributed by atoms with Gasteiger partial charge in [0.15, 0.2) is 0 Å². The highest BCUT2D eigenvalue weighted by molar-refractivity contribution is 5.86. The molecule has 1 aliphatic heterocycles. The maximum Gasteiger partial charge on any atom is 0.0485 e. The van der Waals surface area contributed by atoms with E-state index >= 15 is 0 Å². The summed E-state index contributed by atoms with van der Waals surface area (Å²) >= 11 is 0. The van der Waals surface area contributed by atoms with Crippen LogP contribution in [0.5, 0.6) is 0 Å². The molecule has 0 saturated heterocycles. The van der Waals surface area contributed by atoms with Crippen LogP contribution in [0, 0.1) is 6.92 Å². The van der Waals surface area contributed by atoms with Crippen molar-refractivity contribution in [1.29, 1.82) is 0 Å². The van der Waals surface area contributed by atoms with Crippen molar-refractivity contribution < 1.29 is 0 Å². The standard InChI is InChI=1S/C25H25N/c1-4-26-19-18-23(24-14-7-8-15-25(24)26)13-9-10-20(2)16-17-22-12-6-5-11-21(22)3/h5-19H,2,4H2,1,3H3/b10-9?,17-16-,23-13?. The van der Waals surface area contributed by atoms with Crippen molar-refractivity contribution in [3.05, 3.63) is 114 Å². The predicted octanol–water partition coefficient (Wildman–Crippen LogP) is 6.56. The third-order valence-corrected chi connectivity index (χ3v) is 4.55. The molecule has 0 aliphatic carbocycles. The number of allylic oxidation sites excluding steroid dienone is 7. The molecule has 0 radical (unpaired) electrons. The van der Waals surface area contributed by atoms with Gasteiger partial charge in [0.25, 0.3) is 0 Å². The Morgan fingerprint density at radius 3 is 2.62 bits per heavy atom. The Labute approximate surface area is 157 Å². The quantitative estimate of drug-likeness (QED) is 0.558. The second kappa shape index (κ2) is 8.35. The highest BCUT2D eigenvalue weighted by Crippen LogP contribution is 2.32. The van der Waals surface area contributed by atoms with E-state index in [0.717, 1.165) is 12.1 Å². The summed E-state index contributed by atoms with van der Waals surface area (Å²) < 4.78 is 0. The van der Waals surface area contributed by atoms with Crippen molar-refractivity contribution in [3.8, 4) is 0 Å². The minimum absolute atomic E-state index is 0.969. The van der Waals surface area contributed by atoms with Gasteiger partial charge in [-0.2, -0.15) is 0 Å². The maximum atomic E-state index is 4.12. The van der Waals surface area contributed by atoms with Gasteiger partial charge in [0.2, 0.25) is 0 Å². The van der Waals surface area contributed by atoms with Crippen LogP contribution in [-0.4, -0.2) is 6.54 Å². The zero-order valence-corrected chi connectivity index (χ0v) is 15.5. The molecule has 26 heavy (non-hydrogen) atoms. The van der Waals surface area contributed by atoms with Crippen LogP contribution in [0.1, 0.15) is 23.6 Å². The summed E-state index contributed by atoms with van der Waals surface area (Å²) in [6.45, 7) is 9.38. The van der Waals surface area contributed by atoms with Crippen LogP contribution < -0.4 is 4.90 Å². The van der Waals surface area contributed by atoms with E-state index in [1.54, 1.807) is 0 Å². The molecule has 1 nitrogen and oxygen atoms in total. The first-order chi connectivity index (χ1) is 12.7. The van der Waals surface area contributed by atoms with Gasteiger partial charge in [-0.3, -0.25) is 0 Å². The van der Waals surface area contributed by atoms with E-state index in [9.17, 15) is 0 Å². The number of nitrogens with zero attached hydrogens (tertiary/aromatic N) is 1. The summed E-state index contributed by atoms with van der Waals surface area (Å²) in [6.07, 6.45) is 14.8. The smallest absolute Gasteiger partial charge is 0.0485 e. The normalized spacial score (nSPS) is 15.2. The molecule has 1 heteroatoms. The van der Waals surface area contributed by atoms with E-state index in [1.807, 2.05) is 6.08 Å². The van der Waals surface area contributed by atoms with Gasteiger partial charge < -0.3 is 4.90 Å². The highest BCUT2D eigenvalue weighted by Gasteiger charge is 2.13. The molecule has 0 N–H and O–H groups in total. The van der Waals surface area contributed by atoms with Crippen molar-refractivity contribution >= 4 is 17.3 Å². The van der Waals surface area contributed by atoms with Crippen LogP contribution in [0.25, 0.3) is 11.6 Å². The van der Waals surface area contributed by atoms with Crippen LogP contribution >= 0.6 is 0 Å². The van der Waals surface area contributed by atoms with Gasteiger partial charge in [-0.15, -0.1) is 0 Å². The Bertz CT molecular complexity index is 909. The van der Waals surface area contributed by atoms with Crippen molar-refractivity contribution in [3.63, 3.8) is 0 Å². The lowest BCUT2D eigenvalue weighted by Crippen LogP contribution is -2.18. The zero-order chi connectivity index (χ0) is 18.4. The van der Waals surface area contributed by atoms with Gasteiger partial charge in [0, 0.05) is 24.0 Å². The summed E-state index contributed by atoms with van der Waals surface area (Å²) in [6, 6.07) is 16.9. The summed E-state index contributed by atoms with van der Waals surface area (Å²) in [5.74, 6) is 0. The van der Waals surface area contributed by atoms with Gasteiger partial charge in [-0.25, -0.2) is 0 Å². The highest BCUT2D eigenvalue weighted by atomic mass is 15.1. The number of benzene rings is 2. The molecule has 130 valence electrons. The molecule has 0 saturated carbocycles. The van der Waals surface area contributed by atoms with E-state index < -0.39 is 0 Å². The summed E-state index contributed by atoms with van der Waals surface area (Å²) in [5.41, 5.74) is 7.22. The number of hydrogen-bond acceptors (Lipinski definition) is 1. The molecule has 0 unspecified atom stereocenters. The second-order valence-electron chi connectivity index (χ2n) is 6.36. The largest absolute Gasteiger partial charge is 0.348 e. The van der Waals surface area contributed by atoms with Crippen LogP contribution in [0.4, 0.5) is 5.69 Å². The lowest BCUT2D eigenvalue weighted by Gasteiger charge is -2.26. The number of rotatable bonds is 5. The second-order valence-corrected chi connectivity index (χ2v) is 6.36. The molecule has 3 rings (SSSR count). The van der Waals surface area contributed by atoms with E-state index in [0.29, 0.717) is 0 Å². The topological polar surface area (TPSA) is 3.24 Å². The zero-order valence-electron chi connectivity index (χ0n) is 15.5. The average Bonchev–Trinajstić information content (AvgIpc) is 2.67. The lowest BCUT2D eigenvalue weighted by molar-refractivity contribution is 1.01. The Morgan fingerprint density at radius 1 is 1.04 bits per heavy atom. The minimum atomic E-state index is 0.969. The summed E-state index contributed by atoms with van der Waals surface area (Å²) in [7, 11) is 0. The van der Waals surface area contributed by atoms with E-state index in [2.05, 4.69) is 110 Å². The Hall–Kier alpha value is -3.06. The fourth-order valence-corrected chi connectivity index (χ4v) is 3.03. The molecule has 2 aromatic rings. The van der Waals surface area contributed by atoms with Crippen LogP contribution in [0.2, 0.25) is 0 Å². The van der Waals surface area contributed by atoms with Gasteiger partial charge in [-0.05, 0) is 48.3 Å². The van der Waals surface area contributed by atoms with Gasteiger partial charge in [-0.1, -0.05) is 79.4 Å². The molecule has 1 aliphatic rings. The van der Waals surface area contributed by atoms with Crippen LogP contribution in [0.15, 0.2) is 97.3 Å². The summed E-state index contributed by atoms with van der Waals surface area (Å²) in [4.78, 5) is 2.26. The van der Waals surface area contributed by atoms with Crippen LogP contribution in [-0.2, 0) is 0 Å². The minimum Gasteiger partial charge on any atom is -0.348 e. The monoisotopic (exact) mass is 339 g/mol. The van der Waals surface area contributed by atoms with Crippen molar-refractivity contribution in [1.82, 2.24) is 0 Å². The average molecular weight is 339 g/mol. The molecule has 0 fully saturated rings. The number of para-hydroxylation sites is 1. The maximum absolute atomic E-state index is 4.12. The number of aryl methyl sites for hydroxylation is 1. The first-order valence-electron chi connectivity index (χ1n) is 9.04. The molecular formula is C25H25N. The third-order valence-electron chi connectivity index (χ3n) is 4.55. The lowest BCUT2D eigenvalue weighted by atomic mass is 9.99. The molecule has 0 spiro atoms. The Kier molecular flexibility index (Phi) is 5.70. The molecule has 0 bridgehead atoms.